The van der Waals surface area contributed by atoms with Gasteiger partial charge >= 0.3 is 6.03 Å². The number of urea groups is 1. The van der Waals surface area contributed by atoms with Crippen molar-refractivity contribution >= 4 is 16.9 Å². The van der Waals surface area contributed by atoms with Gasteiger partial charge in [-0.15, -0.1) is 0 Å². The van der Waals surface area contributed by atoms with Crippen LogP contribution >= 0.6 is 0 Å². The number of nitrogens with zero attached hydrogens (tertiary/aromatic N) is 1. The first-order valence-corrected chi connectivity index (χ1v) is 8.02. The van der Waals surface area contributed by atoms with Crippen molar-refractivity contribution in [3.63, 3.8) is 0 Å². The first-order valence-electron chi connectivity index (χ1n) is 8.02. The maximum atomic E-state index is 13.3. The van der Waals surface area contributed by atoms with Crippen molar-refractivity contribution in [1.29, 1.82) is 0 Å². The van der Waals surface area contributed by atoms with Crippen molar-refractivity contribution in [3.05, 3.63) is 35.8 Å². The zero-order chi connectivity index (χ0) is 15.1. The van der Waals surface area contributed by atoms with E-state index in [-0.39, 0.29) is 11.8 Å². The summed E-state index contributed by atoms with van der Waals surface area (Å²) in [4.78, 5) is 17.1. The van der Waals surface area contributed by atoms with Gasteiger partial charge in [0, 0.05) is 36.2 Å². The summed E-state index contributed by atoms with van der Waals surface area (Å²) < 4.78 is 13.3. The maximum absolute atomic E-state index is 13.3. The highest BCUT2D eigenvalue weighted by molar-refractivity contribution is 5.83. The first-order chi connectivity index (χ1) is 10.7. The van der Waals surface area contributed by atoms with E-state index in [0.717, 1.165) is 49.7 Å². The zero-order valence-corrected chi connectivity index (χ0v) is 12.4. The maximum Gasteiger partial charge on any atom is 0.317 e. The lowest BCUT2D eigenvalue weighted by molar-refractivity contribution is 0.181. The highest BCUT2D eigenvalue weighted by Crippen LogP contribution is 2.33. The van der Waals surface area contributed by atoms with Gasteiger partial charge in [-0.1, -0.05) is 0 Å². The van der Waals surface area contributed by atoms with Crippen LogP contribution in [-0.4, -0.2) is 35.0 Å². The van der Waals surface area contributed by atoms with Gasteiger partial charge in [0.1, 0.15) is 5.82 Å². The molecule has 0 atom stereocenters. The Hall–Kier alpha value is -2.04. The quantitative estimate of drug-likeness (QED) is 0.878. The Labute approximate surface area is 128 Å². The lowest BCUT2D eigenvalue weighted by Gasteiger charge is -2.32. The lowest BCUT2D eigenvalue weighted by atomic mass is 9.89. The third kappa shape index (κ3) is 2.56. The van der Waals surface area contributed by atoms with Crippen molar-refractivity contribution in [1.82, 2.24) is 15.2 Å². The van der Waals surface area contributed by atoms with Gasteiger partial charge in [0.15, 0.2) is 0 Å². The molecule has 0 radical (unpaired) electrons. The van der Waals surface area contributed by atoms with E-state index in [9.17, 15) is 9.18 Å². The molecule has 1 aromatic heterocycles. The summed E-state index contributed by atoms with van der Waals surface area (Å²) in [5.74, 6) is 0.219. The molecule has 2 amide bonds. The Morgan fingerprint density at radius 1 is 1.23 bits per heavy atom. The Bertz CT molecular complexity index is 699. The Morgan fingerprint density at radius 2 is 2.00 bits per heavy atom. The molecule has 4 rings (SSSR count). The molecule has 5 heteroatoms. The topological polar surface area (TPSA) is 48.1 Å². The monoisotopic (exact) mass is 301 g/mol. The summed E-state index contributed by atoms with van der Waals surface area (Å²) >= 11 is 0. The third-order valence-electron chi connectivity index (χ3n) is 4.80. The molecule has 2 fully saturated rings. The summed E-state index contributed by atoms with van der Waals surface area (Å²) in [6.07, 6.45) is 6.15. The number of hydrogen-bond donors (Lipinski definition) is 2. The standard InChI is InChI=1S/C17H20FN3O/c18-12-1-4-14-15(10-19-16(14)9-12)11-5-7-21(8-6-11)17(22)20-13-2-3-13/h1,4,9-11,13,19H,2-3,5-8H2,(H,20,22). The fraction of sp³-hybridized carbons (Fsp3) is 0.471. The summed E-state index contributed by atoms with van der Waals surface area (Å²) in [7, 11) is 0. The van der Waals surface area contributed by atoms with Crippen LogP contribution in [0.5, 0.6) is 0 Å². The molecule has 0 bridgehead atoms. The van der Waals surface area contributed by atoms with Gasteiger partial charge in [-0.05, 0) is 55.4 Å². The fourth-order valence-electron chi connectivity index (χ4n) is 3.35. The second-order valence-corrected chi connectivity index (χ2v) is 6.42. The normalized spacial score (nSPS) is 19.6. The molecular formula is C17H20FN3O. The average Bonchev–Trinajstić information content (AvgIpc) is 3.24. The molecule has 2 N–H and O–H groups in total. The minimum Gasteiger partial charge on any atom is -0.361 e. The summed E-state index contributed by atoms with van der Waals surface area (Å²) in [6.45, 7) is 1.58. The Morgan fingerprint density at radius 3 is 2.73 bits per heavy atom. The molecular weight excluding hydrogens is 281 g/mol. The van der Waals surface area contributed by atoms with E-state index >= 15 is 0 Å². The molecule has 2 heterocycles. The van der Waals surface area contributed by atoms with Gasteiger partial charge in [0.05, 0.1) is 0 Å². The highest BCUT2D eigenvalue weighted by Gasteiger charge is 2.29. The number of rotatable bonds is 2. The summed E-state index contributed by atoms with van der Waals surface area (Å²) in [5, 5.41) is 4.15. The van der Waals surface area contributed by atoms with Crippen LogP contribution in [0.4, 0.5) is 9.18 Å². The van der Waals surface area contributed by atoms with Gasteiger partial charge in [0.25, 0.3) is 0 Å². The van der Waals surface area contributed by atoms with E-state index in [0.29, 0.717) is 12.0 Å². The van der Waals surface area contributed by atoms with Crippen molar-refractivity contribution in [2.75, 3.05) is 13.1 Å². The number of amides is 2. The molecule has 2 aromatic rings. The van der Waals surface area contributed by atoms with Crippen molar-refractivity contribution < 1.29 is 9.18 Å². The molecule has 1 aliphatic heterocycles. The zero-order valence-electron chi connectivity index (χ0n) is 12.4. The molecule has 4 nitrogen and oxygen atoms in total. The van der Waals surface area contributed by atoms with Gasteiger partial charge in [-0.25, -0.2) is 9.18 Å². The van der Waals surface area contributed by atoms with E-state index < -0.39 is 0 Å². The van der Waals surface area contributed by atoms with E-state index in [1.165, 1.54) is 17.7 Å². The molecule has 0 spiro atoms. The molecule has 0 unspecified atom stereocenters. The lowest BCUT2D eigenvalue weighted by Crippen LogP contribution is -2.44. The van der Waals surface area contributed by atoms with E-state index in [1.54, 1.807) is 0 Å². The SMILES string of the molecule is O=C(NC1CC1)N1CCC(c2c[nH]c3cc(F)ccc23)CC1. The molecule has 1 saturated carbocycles. The van der Waals surface area contributed by atoms with Crippen LogP contribution in [0.1, 0.15) is 37.2 Å². The molecule has 116 valence electrons. The van der Waals surface area contributed by atoms with Crippen molar-refractivity contribution in [3.8, 4) is 0 Å². The average molecular weight is 301 g/mol. The van der Waals surface area contributed by atoms with Crippen LogP contribution in [0, 0.1) is 5.82 Å². The largest absolute Gasteiger partial charge is 0.361 e. The number of carbonyl (C=O) groups excluding carboxylic acids is 1. The predicted molar refractivity (Wildman–Crippen MR) is 83.4 cm³/mol. The number of H-pyrrole nitrogens is 1. The van der Waals surface area contributed by atoms with Crippen LogP contribution in [-0.2, 0) is 0 Å². The van der Waals surface area contributed by atoms with Crippen LogP contribution in [0.3, 0.4) is 0 Å². The van der Waals surface area contributed by atoms with Crippen molar-refractivity contribution in [2.24, 2.45) is 0 Å². The number of fused-ring (bicyclic) bond motifs is 1. The number of nitrogens with one attached hydrogen (secondary N) is 2. The second-order valence-electron chi connectivity index (χ2n) is 6.42. The van der Waals surface area contributed by atoms with Gasteiger partial charge in [-0.2, -0.15) is 0 Å². The van der Waals surface area contributed by atoms with E-state index in [2.05, 4.69) is 10.3 Å². The number of carbonyl (C=O) groups is 1. The van der Waals surface area contributed by atoms with Crippen LogP contribution in [0.25, 0.3) is 10.9 Å². The molecule has 22 heavy (non-hydrogen) atoms. The number of piperidine rings is 1. The van der Waals surface area contributed by atoms with Gasteiger partial charge in [0.2, 0.25) is 0 Å². The minimum atomic E-state index is -0.215. The molecule has 1 aromatic carbocycles. The van der Waals surface area contributed by atoms with E-state index in [1.807, 2.05) is 17.2 Å². The number of benzene rings is 1. The van der Waals surface area contributed by atoms with Crippen LogP contribution in [0.15, 0.2) is 24.4 Å². The van der Waals surface area contributed by atoms with Gasteiger partial charge < -0.3 is 15.2 Å². The smallest absolute Gasteiger partial charge is 0.317 e. The highest BCUT2D eigenvalue weighted by atomic mass is 19.1. The van der Waals surface area contributed by atoms with Crippen LogP contribution < -0.4 is 5.32 Å². The third-order valence-corrected chi connectivity index (χ3v) is 4.80. The summed E-state index contributed by atoms with van der Waals surface area (Å²) in [5.41, 5.74) is 2.10. The molecule has 2 aliphatic rings. The van der Waals surface area contributed by atoms with Gasteiger partial charge in [-0.3, -0.25) is 0 Å². The minimum absolute atomic E-state index is 0.0851. The fourth-order valence-corrected chi connectivity index (χ4v) is 3.35. The van der Waals surface area contributed by atoms with E-state index in [4.69, 9.17) is 0 Å². The second kappa shape index (κ2) is 5.30. The van der Waals surface area contributed by atoms with Crippen molar-refractivity contribution in [2.45, 2.75) is 37.6 Å². The first kappa shape index (κ1) is 13.6. The summed E-state index contributed by atoms with van der Waals surface area (Å²) in [6, 6.07) is 5.40. The molecule has 1 saturated heterocycles. The number of aromatic amines is 1. The van der Waals surface area contributed by atoms with Crippen LogP contribution in [0.2, 0.25) is 0 Å². The number of likely N-dealkylation sites (tertiary alicyclic amines) is 1. The predicted octanol–water partition coefficient (Wildman–Crippen LogP) is 3.36. The molecule has 1 aliphatic carbocycles. The number of halogens is 1. The number of hydrogen-bond acceptors (Lipinski definition) is 1. The Balaban J connectivity index is 1.44. The number of aromatic nitrogens is 1. The Kier molecular flexibility index (Phi) is 3.28.